The summed E-state index contributed by atoms with van der Waals surface area (Å²) in [7, 11) is 0. The fraction of sp³-hybridized carbons (Fsp3) is 0.235. The molecular formula is C17H17ClN2O3. The van der Waals surface area contributed by atoms with Crippen LogP contribution in [-0.4, -0.2) is 30.0 Å². The number of hydrogen-bond acceptors (Lipinski definition) is 4. The van der Waals surface area contributed by atoms with E-state index in [4.69, 9.17) is 16.3 Å². The number of nitrogens with one attached hydrogen (secondary N) is 1. The third-order valence-corrected chi connectivity index (χ3v) is 3.50. The Morgan fingerprint density at radius 3 is 2.61 bits per heavy atom. The van der Waals surface area contributed by atoms with E-state index in [0.717, 1.165) is 5.56 Å². The second kappa shape index (κ2) is 8.29. The van der Waals surface area contributed by atoms with E-state index in [-0.39, 0.29) is 29.1 Å². The molecule has 1 heterocycles. The molecule has 5 nitrogen and oxygen atoms in total. The van der Waals surface area contributed by atoms with Crippen LogP contribution in [0.5, 0.6) is 0 Å². The number of hydrogen-bond donors (Lipinski definition) is 1. The zero-order valence-corrected chi connectivity index (χ0v) is 13.4. The van der Waals surface area contributed by atoms with Crippen LogP contribution in [0.25, 0.3) is 0 Å². The maximum Gasteiger partial charge on any atom is 0.340 e. The summed E-state index contributed by atoms with van der Waals surface area (Å²) < 4.78 is 4.93. The molecule has 1 aromatic heterocycles. The number of ether oxygens (including phenoxy) is 1. The number of carbonyl (C=O) groups excluding carboxylic acids is 2. The van der Waals surface area contributed by atoms with Crippen molar-refractivity contribution in [3.63, 3.8) is 0 Å². The minimum atomic E-state index is -0.611. The fourth-order valence-corrected chi connectivity index (χ4v) is 2.04. The molecule has 0 aliphatic rings. The topological polar surface area (TPSA) is 68.3 Å². The van der Waals surface area contributed by atoms with E-state index in [0.29, 0.717) is 6.54 Å². The smallest absolute Gasteiger partial charge is 0.340 e. The van der Waals surface area contributed by atoms with Crippen LogP contribution < -0.4 is 5.32 Å². The molecule has 1 atom stereocenters. The summed E-state index contributed by atoms with van der Waals surface area (Å²) in [6.07, 6.45) is 1.31. The Labute approximate surface area is 139 Å². The molecule has 0 aliphatic heterocycles. The second-order valence-electron chi connectivity index (χ2n) is 5.06. The lowest BCUT2D eigenvalue weighted by Gasteiger charge is -2.13. The van der Waals surface area contributed by atoms with Gasteiger partial charge in [-0.1, -0.05) is 48.9 Å². The van der Waals surface area contributed by atoms with Crippen LogP contribution in [0, 0.1) is 0 Å². The highest BCUT2D eigenvalue weighted by atomic mass is 35.5. The summed E-state index contributed by atoms with van der Waals surface area (Å²) in [4.78, 5) is 27.3. The minimum Gasteiger partial charge on any atom is -0.452 e. The van der Waals surface area contributed by atoms with Gasteiger partial charge >= 0.3 is 5.97 Å². The molecule has 1 N–H and O–H groups in total. The largest absolute Gasteiger partial charge is 0.452 e. The van der Waals surface area contributed by atoms with Crippen molar-refractivity contribution in [2.45, 2.75) is 12.8 Å². The van der Waals surface area contributed by atoms with E-state index in [1.807, 2.05) is 37.3 Å². The molecule has 1 amide bonds. The highest BCUT2D eigenvalue weighted by molar-refractivity contribution is 6.29. The number of benzene rings is 1. The molecule has 0 aliphatic carbocycles. The van der Waals surface area contributed by atoms with Gasteiger partial charge in [-0.2, -0.15) is 0 Å². The quantitative estimate of drug-likeness (QED) is 0.652. The maximum absolute atomic E-state index is 11.7. The molecule has 0 spiro atoms. The summed E-state index contributed by atoms with van der Waals surface area (Å²) in [5.74, 6) is -0.778. The lowest BCUT2D eigenvalue weighted by Crippen LogP contribution is -2.31. The van der Waals surface area contributed by atoms with Crippen molar-refractivity contribution < 1.29 is 14.3 Å². The number of carbonyl (C=O) groups is 2. The number of amides is 1. The molecule has 2 aromatic rings. The van der Waals surface area contributed by atoms with E-state index in [2.05, 4.69) is 10.3 Å². The van der Waals surface area contributed by atoms with Crippen molar-refractivity contribution >= 4 is 23.5 Å². The van der Waals surface area contributed by atoms with E-state index >= 15 is 0 Å². The van der Waals surface area contributed by atoms with Crippen molar-refractivity contribution in [1.82, 2.24) is 10.3 Å². The monoisotopic (exact) mass is 332 g/mol. The Hall–Kier alpha value is -2.40. The summed E-state index contributed by atoms with van der Waals surface area (Å²) in [5.41, 5.74) is 1.39. The highest BCUT2D eigenvalue weighted by Crippen LogP contribution is 2.12. The van der Waals surface area contributed by atoms with Gasteiger partial charge in [0.2, 0.25) is 0 Å². The molecule has 0 saturated carbocycles. The number of halogens is 1. The van der Waals surface area contributed by atoms with Gasteiger partial charge in [0.1, 0.15) is 5.15 Å². The van der Waals surface area contributed by atoms with Gasteiger partial charge in [-0.15, -0.1) is 0 Å². The van der Waals surface area contributed by atoms with Gasteiger partial charge < -0.3 is 10.1 Å². The summed E-state index contributed by atoms with van der Waals surface area (Å²) in [6.45, 7) is 2.16. The molecule has 0 fully saturated rings. The third kappa shape index (κ3) is 5.38. The zero-order valence-electron chi connectivity index (χ0n) is 12.7. The molecule has 2 rings (SSSR count). The van der Waals surface area contributed by atoms with Crippen LogP contribution in [-0.2, 0) is 9.53 Å². The minimum absolute atomic E-state index is 0.177. The van der Waals surface area contributed by atoms with Gasteiger partial charge in [-0.25, -0.2) is 9.78 Å². The zero-order chi connectivity index (χ0) is 16.7. The molecule has 0 radical (unpaired) electrons. The summed E-state index contributed by atoms with van der Waals surface area (Å²) in [6, 6.07) is 12.8. The first-order valence-corrected chi connectivity index (χ1v) is 7.54. The first-order chi connectivity index (χ1) is 11.1. The fourth-order valence-electron chi connectivity index (χ4n) is 1.93. The van der Waals surface area contributed by atoms with Crippen molar-refractivity contribution in [2.24, 2.45) is 0 Å². The first-order valence-electron chi connectivity index (χ1n) is 7.16. The van der Waals surface area contributed by atoms with E-state index < -0.39 is 5.97 Å². The maximum atomic E-state index is 11.7. The predicted octanol–water partition coefficient (Wildman–Crippen LogP) is 2.81. The molecule has 0 saturated heterocycles. The predicted molar refractivity (Wildman–Crippen MR) is 87.4 cm³/mol. The number of pyridine rings is 1. The van der Waals surface area contributed by atoms with Gasteiger partial charge in [0.05, 0.1) is 5.56 Å². The van der Waals surface area contributed by atoms with Crippen molar-refractivity contribution in [1.29, 1.82) is 0 Å². The van der Waals surface area contributed by atoms with E-state index in [1.54, 1.807) is 0 Å². The Morgan fingerprint density at radius 1 is 1.22 bits per heavy atom. The van der Waals surface area contributed by atoms with E-state index in [9.17, 15) is 9.59 Å². The highest BCUT2D eigenvalue weighted by Gasteiger charge is 2.12. The molecule has 23 heavy (non-hydrogen) atoms. The van der Waals surface area contributed by atoms with Crippen LogP contribution in [0.2, 0.25) is 5.15 Å². The van der Waals surface area contributed by atoms with Gasteiger partial charge in [0, 0.05) is 12.7 Å². The number of nitrogens with zero attached hydrogens (tertiary/aromatic N) is 1. The molecular weight excluding hydrogens is 316 g/mol. The summed E-state index contributed by atoms with van der Waals surface area (Å²) >= 11 is 5.64. The molecule has 120 valence electrons. The Bertz CT molecular complexity index is 659. The van der Waals surface area contributed by atoms with Crippen molar-refractivity contribution in [2.75, 3.05) is 13.2 Å². The van der Waals surface area contributed by atoms with Gasteiger partial charge in [-0.05, 0) is 23.6 Å². The van der Waals surface area contributed by atoms with Crippen LogP contribution in [0.3, 0.4) is 0 Å². The number of rotatable bonds is 6. The summed E-state index contributed by atoms with van der Waals surface area (Å²) in [5, 5.41) is 3.03. The second-order valence-corrected chi connectivity index (χ2v) is 5.45. The molecule has 1 aromatic carbocycles. The van der Waals surface area contributed by atoms with Crippen LogP contribution >= 0.6 is 11.6 Å². The average Bonchev–Trinajstić information content (AvgIpc) is 2.59. The number of esters is 1. The molecule has 0 unspecified atom stereocenters. The van der Waals surface area contributed by atoms with Gasteiger partial charge in [0.15, 0.2) is 6.61 Å². The van der Waals surface area contributed by atoms with Crippen LogP contribution in [0.4, 0.5) is 0 Å². The SMILES string of the molecule is C[C@@H](CNC(=O)COC(=O)c1ccc(Cl)nc1)c1ccccc1. The average molecular weight is 333 g/mol. The standard InChI is InChI=1S/C17H17ClN2O3/c1-12(13-5-3-2-4-6-13)9-20-16(21)11-23-17(22)14-7-8-15(18)19-10-14/h2-8,10,12H,9,11H2,1H3,(H,20,21)/t12-/m0/s1. The van der Waals surface area contributed by atoms with Gasteiger partial charge in [0.25, 0.3) is 5.91 Å². The Kier molecular flexibility index (Phi) is 6.11. The lowest BCUT2D eigenvalue weighted by molar-refractivity contribution is -0.124. The van der Waals surface area contributed by atoms with Crippen LogP contribution in [0.1, 0.15) is 28.8 Å². The van der Waals surface area contributed by atoms with Crippen molar-refractivity contribution in [3.8, 4) is 0 Å². The lowest BCUT2D eigenvalue weighted by atomic mass is 10.0. The third-order valence-electron chi connectivity index (χ3n) is 3.27. The molecule has 0 bridgehead atoms. The molecule has 6 heteroatoms. The number of aromatic nitrogens is 1. The van der Waals surface area contributed by atoms with E-state index in [1.165, 1.54) is 18.3 Å². The van der Waals surface area contributed by atoms with Crippen LogP contribution in [0.15, 0.2) is 48.7 Å². The Morgan fingerprint density at radius 2 is 1.96 bits per heavy atom. The normalized spacial score (nSPS) is 11.6. The first kappa shape index (κ1) is 17.0. The van der Waals surface area contributed by atoms with Gasteiger partial charge in [-0.3, -0.25) is 4.79 Å². The van der Waals surface area contributed by atoms with Crippen molar-refractivity contribution in [3.05, 3.63) is 64.9 Å². The Balaban J connectivity index is 1.75.